The molecule has 0 heterocycles. The van der Waals surface area contributed by atoms with Crippen molar-refractivity contribution < 1.29 is 10.2 Å². The lowest BCUT2D eigenvalue weighted by atomic mass is 9.43. The monoisotopic (exact) mass is 346 g/mol. The van der Waals surface area contributed by atoms with E-state index in [2.05, 4.69) is 33.4 Å². The Morgan fingerprint density at radius 1 is 1.00 bits per heavy atom. The molecule has 2 N–H and O–H groups in total. The second-order valence-electron chi connectivity index (χ2n) is 10.5. The van der Waals surface area contributed by atoms with Gasteiger partial charge in [-0.2, -0.15) is 0 Å². The summed E-state index contributed by atoms with van der Waals surface area (Å²) in [7, 11) is 0. The Morgan fingerprint density at radius 3 is 2.48 bits per heavy atom. The fraction of sp³-hybridized carbons (Fsp3) is 0.913. The minimum atomic E-state index is -0.170. The maximum absolute atomic E-state index is 11.4. The molecular weight excluding hydrogens is 308 g/mol. The molecule has 1 unspecified atom stereocenters. The Labute approximate surface area is 154 Å². The first-order valence-corrected chi connectivity index (χ1v) is 10.8. The predicted octanol–water partition coefficient (Wildman–Crippen LogP) is 4.80. The van der Waals surface area contributed by atoms with Gasteiger partial charge >= 0.3 is 0 Å². The molecule has 0 aromatic heterocycles. The molecule has 0 spiro atoms. The Bertz CT molecular complexity index is 530. The van der Waals surface area contributed by atoms with Crippen molar-refractivity contribution in [1.82, 2.24) is 0 Å². The van der Waals surface area contributed by atoms with Crippen LogP contribution in [0.3, 0.4) is 0 Å². The van der Waals surface area contributed by atoms with Gasteiger partial charge in [0.15, 0.2) is 0 Å². The molecule has 2 nitrogen and oxygen atoms in total. The van der Waals surface area contributed by atoms with Crippen molar-refractivity contribution in [2.45, 2.75) is 84.3 Å². The van der Waals surface area contributed by atoms with E-state index < -0.39 is 0 Å². The third-order valence-electron chi connectivity index (χ3n) is 9.82. The second kappa shape index (κ2) is 6.09. The maximum Gasteiger partial charge on any atom is 0.0602 e. The average molecular weight is 347 g/mol. The first kappa shape index (κ1) is 18.0. The number of rotatable bonds is 2. The van der Waals surface area contributed by atoms with E-state index in [4.69, 9.17) is 0 Å². The van der Waals surface area contributed by atoms with E-state index in [-0.39, 0.29) is 17.6 Å². The van der Waals surface area contributed by atoms with Crippen LogP contribution in [0.4, 0.5) is 0 Å². The lowest BCUT2D eigenvalue weighted by Gasteiger charge is -2.62. The molecule has 2 heteroatoms. The van der Waals surface area contributed by atoms with E-state index in [0.717, 1.165) is 31.6 Å². The van der Waals surface area contributed by atoms with Gasteiger partial charge in [-0.15, -0.1) is 6.58 Å². The van der Waals surface area contributed by atoms with E-state index in [0.29, 0.717) is 35.0 Å². The fourth-order valence-corrected chi connectivity index (χ4v) is 8.26. The van der Waals surface area contributed by atoms with Gasteiger partial charge in [0.2, 0.25) is 0 Å². The molecular formula is C23H38O2. The molecule has 4 rings (SSSR count). The quantitative estimate of drug-likeness (QED) is 0.705. The van der Waals surface area contributed by atoms with Crippen LogP contribution in [0.1, 0.15) is 72.1 Å². The molecule has 0 aromatic carbocycles. The molecule has 142 valence electrons. The van der Waals surface area contributed by atoms with Gasteiger partial charge in [-0.3, -0.25) is 0 Å². The van der Waals surface area contributed by atoms with Crippen molar-refractivity contribution in [3.63, 3.8) is 0 Å². The minimum absolute atomic E-state index is 0.0755. The summed E-state index contributed by atoms with van der Waals surface area (Å²) < 4.78 is 0. The summed E-state index contributed by atoms with van der Waals surface area (Å²) in [5, 5.41) is 21.5. The van der Waals surface area contributed by atoms with Crippen LogP contribution in [0.25, 0.3) is 0 Å². The molecule has 0 radical (unpaired) electrons. The standard InChI is InChI=1S/C23H38O2/c1-5-14(2)18-8-9-19-17-7-6-15-12-16(24)10-11-22(15,3)20(17)13-21(25)23(18,19)4/h5,14-21,24-25H,1,6-13H2,2-4H3/t14-,15-,16-,17+,18-,19+,20+,21+,22?,23-/m1/s1. The van der Waals surface area contributed by atoms with Crippen LogP contribution in [-0.2, 0) is 0 Å². The van der Waals surface area contributed by atoms with E-state index in [1.165, 1.54) is 25.7 Å². The Hall–Kier alpha value is -0.340. The molecule has 0 bridgehead atoms. The number of aliphatic hydroxyl groups is 2. The minimum Gasteiger partial charge on any atom is -0.393 e. The van der Waals surface area contributed by atoms with E-state index in [1.807, 2.05) is 0 Å². The van der Waals surface area contributed by atoms with Crippen LogP contribution >= 0.6 is 0 Å². The van der Waals surface area contributed by atoms with Crippen LogP contribution in [0.15, 0.2) is 12.7 Å². The Morgan fingerprint density at radius 2 is 1.76 bits per heavy atom. The highest BCUT2D eigenvalue weighted by molar-refractivity contribution is 5.13. The molecule has 4 aliphatic rings. The van der Waals surface area contributed by atoms with Crippen molar-refractivity contribution in [3.8, 4) is 0 Å². The summed E-state index contributed by atoms with van der Waals surface area (Å²) in [6.45, 7) is 11.2. The highest BCUT2D eigenvalue weighted by Crippen LogP contribution is 2.68. The third kappa shape index (κ3) is 2.42. The topological polar surface area (TPSA) is 40.5 Å². The molecule has 25 heavy (non-hydrogen) atoms. The van der Waals surface area contributed by atoms with Crippen LogP contribution in [0.2, 0.25) is 0 Å². The number of allylic oxidation sites excluding steroid dienone is 1. The van der Waals surface area contributed by atoms with Crippen LogP contribution in [-0.4, -0.2) is 22.4 Å². The molecule has 0 amide bonds. The lowest BCUT2D eigenvalue weighted by Crippen LogP contribution is -2.58. The van der Waals surface area contributed by atoms with E-state index in [1.54, 1.807) is 0 Å². The fourth-order valence-electron chi connectivity index (χ4n) is 8.26. The normalized spacial score (nSPS) is 56.4. The molecule has 10 atom stereocenters. The summed E-state index contributed by atoms with van der Waals surface area (Å²) in [6.07, 6.45) is 11.1. The van der Waals surface area contributed by atoms with Gasteiger partial charge in [-0.05, 0) is 97.7 Å². The van der Waals surface area contributed by atoms with Gasteiger partial charge in [0.1, 0.15) is 0 Å². The third-order valence-corrected chi connectivity index (χ3v) is 9.82. The molecule has 0 aromatic rings. The van der Waals surface area contributed by atoms with Crippen molar-refractivity contribution in [3.05, 3.63) is 12.7 Å². The zero-order valence-corrected chi connectivity index (χ0v) is 16.5. The molecule has 4 aliphatic carbocycles. The number of fused-ring (bicyclic) bond motifs is 5. The molecule has 4 saturated carbocycles. The van der Waals surface area contributed by atoms with Crippen molar-refractivity contribution in [1.29, 1.82) is 0 Å². The summed E-state index contributed by atoms with van der Waals surface area (Å²) in [6, 6.07) is 0. The van der Waals surface area contributed by atoms with Crippen LogP contribution < -0.4 is 0 Å². The SMILES string of the molecule is C=C[C@@H](C)[C@H]1CC[C@H]2[C@@H]3CC[C@@H]4C[C@H](O)CCC4(C)[C@H]3C[C@H](O)[C@]12C. The number of hydrogen-bond donors (Lipinski definition) is 2. The zero-order valence-electron chi connectivity index (χ0n) is 16.5. The lowest BCUT2D eigenvalue weighted by molar-refractivity contribution is -0.173. The first-order chi connectivity index (χ1) is 11.8. The summed E-state index contributed by atoms with van der Waals surface area (Å²) in [5.41, 5.74) is 0.415. The zero-order chi connectivity index (χ0) is 18.0. The van der Waals surface area contributed by atoms with E-state index >= 15 is 0 Å². The second-order valence-corrected chi connectivity index (χ2v) is 10.5. The first-order valence-electron chi connectivity index (χ1n) is 10.8. The summed E-state index contributed by atoms with van der Waals surface area (Å²) in [4.78, 5) is 0. The summed E-state index contributed by atoms with van der Waals surface area (Å²) >= 11 is 0. The number of aliphatic hydroxyl groups excluding tert-OH is 2. The van der Waals surface area contributed by atoms with Gasteiger partial charge in [0, 0.05) is 0 Å². The van der Waals surface area contributed by atoms with Crippen molar-refractivity contribution >= 4 is 0 Å². The van der Waals surface area contributed by atoms with Gasteiger partial charge in [0.25, 0.3) is 0 Å². The maximum atomic E-state index is 11.4. The smallest absolute Gasteiger partial charge is 0.0602 e. The Kier molecular flexibility index (Phi) is 4.40. The average Bonchev–Trinajstić information content (AvgIpc) is 2.95. The molecule has 0 saturated heterocycles. The molecule has 0 aliphatic heterocycles. The highest BCUT2D eigenvalue weighted by Gasteiger charge is 2.63. The van der Waals surface area contributed by atoms with Crippen molar-refractivity contribution in [2.75, 3.05) is 0 Å². The van der Waals surface area contributed by atoms with Gasteiger partial charge < -0.3 is 10.2 Å². The van der Waals surface area contributed by atoms with E-state index in [9.17, 15) is 10.2 Å². The Balaban J connectivity index is 1.65. The van der Waals surface area contributed by atoms with Gasteiger partial charge in [0.05, 0.1) is 12.2 Å². The van der Waals surface area contributed by atoms with Crippen molar-refractivity contribution in [2.24, 2.45) is 46.3 Å². The highest BCUT2D eigenvalue weighted by atomic mass is 16.3. The van der Waals surface area contributed by atoms with Crippen LogP contribution in [0.5, 0.6) is 0 Å². The largest absolute Gasteiger partial charge is 0.393 e. The van der Waals surface area contributed by atoms with Gasteiger partial charge in [-0.25, -0.2) is 0 Å². The van der Waals surface area contributed by atoms with Crippen LogP contribution in [0, 0.1) is 46.3 Å². The number of hydrogen-bond acceptors (Lipinski definition) is 2. The predicted molar refractivity (Wildman–Crippen MR) is 102 cm³/mol. The van der Waals surface area contributed by atoms with Gasteiger partial charge in [-0.1, -0.05) is 26.8 Å². The summed E-state index contributed by atoms with van der Waals surface area (Å²) in [5.74, 6) is 3.87. The molecule has 4 fully saturated rings.